The normalized spacial score (nSPS) is 51.1. The fourth-order valence-corrected chi connectivity index (χ4v) is 9.71. The minimum absolute atomic E-state index is 0.00175. The Balaban J connectivity index is 1.22. The molecule has 11 unspecified atom stereocenters. The number of aliphatic hydroxyl groups is 6. The van der Waals surface area contributed by atoms with Crippen molar-refractivity contribution in [3.05, 3.63) is 0 Å². The van der Waals surface area contributed by atoms with Crippen LogP contribution in [0, 0.1) is 35.5 Å². The smallest absolute Gasteiger partial charge is 0.312 e. The molecule has 59 heavy (non-hydrogen) atoms. The van der Waals surface area contributed by atoms with Crippen LogP contribution in [0.4, 0.5) is 0 Å². The highest BCUT2D eigenvalue weighted by Crippen LogP contribution is 2.43. The molecule has 0 amide bonds. The van der Waals surface area contributed by atoms with Gasteiger partial charge in [0.2, 0.25) is 0 Å². The highest BCUT2D eigenvalue weighted by atomic mass is 31.0. The van der Waals surface area contributed by atoms with Crippen LogP contribution in [0.3, 0.4) is 0 Å². The minimum Gasteiger partial charge on any atom is -0.424 e. The van der Waals surface area contributed by atoms with Gasteiger partial charge in [0, 0.05) is 11.8 Å². The Kier molecular flexibility index (Phi) is 18.3. The maximum atomic E-state index is 11.3. The van der Waals surface area contributed by atoms with Gasteiger partial charge >= 0.3 is 6.64 Å². The Bertz CT molecular complexity index is 1270. The van der Waals surface area contributed by atoms with Crippen LogP contribution in [-0.2, 0) is 47.3 Å². The fraction of sp³-hybridized carbons (Fsp3) is 1.00. The second-order valence-electron chi connectivity index (χ2n) is 18.0. The molecule has 6 N–H and O–H groups in total. The van der Waals surface area contributed by atoms with Crippen molar-refractivity contribution >= 4 is 15.8 Å². The largest absolute Gasteiger partial charge is 0.424 e. The van der Waals surface area contributed by atoms with Crippen molar-refractivity contribution in [2.24, 2.45) is 35.5 Å². The van der Waals surface area contributed by atoms with E-state index in [0.29, 0.717) is 18.3 Å². The third kappa shape index (κ3) is 10.7. The highest BCUT2D eigenvalue weighted by Gasteiger charge is 2.54. The second kappa shape index (κ2) is 21.7. The average Bonchev–Trinajstić information content (AvgIpc) is 3.21. The molecule has 5 aliphatic heterocycles. The summed E-state index contributed by atoms with van der Waals surface area (Å²) in [4.78, 5) is 0. The zero-order chi connectivity index (χ0) is 43.6. The number of hydrogen-bond acceptors (Lipinski definition) is 16. The summed E-state index contributed by atoms with van der Waals surface area (Å²) < 4.78 is 63.2. The Morgan fingerprint density at radius 3 is 1.19 bits per heavy atom. The molecule has 344 valence electrons. The molecular formula is C41H76BO16P. The summed E-state index contributed by atoms with van der Waals surface area (Å²) in [5, 5.41) is 64.7. The van der Waals surface area contributed by atoms with Crippen molar-refractivity contribution in [1.29, 1.82) is 0 Å². The van der Waals surface area contributed by atoms with E-state index in [1.54, 1.807) is 6.82 Å². The predicted molar refractivity (Wildman–Crippen MR) is 219 cm³/mol. The van der Waals surface area contributed by atoms with Crippen LogP contribution < -0.4 is 0 Å². The molecule has 0 aliphatic carbocycles. The average molecular weight is 867 g/mol. The predicted octanol–water partition coefficient (Wildman–Crippen LogP) is 2.07. The second-order valence-corrected chi connectivity index (χ2v) is 18.9. The van der Waals surface area contributed by atoms with Crippen molar-refractivity contribution < 1.29 is 77.9 Å². The molecule has 0 saturated carbocycles. The van der Waals surface area contributed by atoms with Crippen LogP contribution in [0.5, 0.6) is 0 Å². The first-order chi connectivity index (χ1) is 27.9. The monoisotopic (exact) mass is 866 g/mol. The van der Waals surface area contributed by atoms with Gasteiger partial charge in [0.25, 0.3) is 0 Å². The topological polar surface area (TPSA) is 214 Å². The molecule has 0 spiro atoms. The maximum absolute atomic E-state index is 11.3. The van der Waals surface area contributed by atoms with Crippen LogP contribution >= 0.6 is 9.12 Å². The van der Waals surface area contributed by atoms with E-state index in [0.717, 1.165) is 12.8 Å². The molecule has 0 aromatic heterocycles. The van der Waals surface area contributed by atoms with Gasteiger partial charge in [-0.25, -0.2) is 0 Å². The van der Waals surface area contributed by atoms with Crippen LogP contribution in [-0.4, -0.2) is 167 Å². The Morgan fingerprint density at radius 2 is 0.780 bits per heavy atom. The van der Waals surface area contributed by atoms with Crippen molar-refractivity contribution in [3.8, 4) is 0 Å². The molecule has 0 aromatic rings. The van der Waals surface area contributed by atoms with Gasteiger partial charge in [-0.2, -0.15) is 0 Å². The van der Waals surface area contributed by atoms with Gasteiger partial charge in [-0.05, 0) is 49.9 Å². The van der Waals surface area contributed by atoms with E-state index in [4.69, 9.17) is 47.3 Å². The van der Waals surface area contributed by atoms with Gasteiger partial charge in [0.1, 0.15) is 42.7 Å². The lowest BCUT2D eigenvalue weighted by Crippen LogP contribution is -2.66. The summed E-state index contributed by atoms with van der Waals surface area (Å²) in [6, 6.07) is 0. The first kappa shape index (κ1) is 49.9. The molecule has 5 fully saturated rings. The summed E-state index contributed by atoms with van der Waals surface area (Å²) in [7, 11) is 2.40. The molecule has 0 aromatic carbocycles. The van der Waals surface area contributed by atoms with Crippen LogP contribution in [0.25, 0.3) is 0 Å². The molecule has 0 bridgehead atoms. The quantitative estimate of drug-likeness (QED) is 0.103. The lowest BCUT2D eigenvalue weighted by atomic mass is 9.80. The van der Waals surface area contributed by atoms with Gasteiger partial charge in [-0.15, -0.1) is 9.12 Å². The van der Waals surface area contributed by atoms with Gasteiger partial charge in [0.05, 0.1) is 62.0 Å². The Morgan fingerprint density at radius 1 is 0.441 bits per heavy atom. The van der Waals surface area contributed by atoms with Crippen molar-refractivity contribution in [2.45, 2.75) is 212 Å². The number of hydrogen-bond donors (Lipinski definition) is 6. The van der Waals surface area contributed by atoms with E-state index >= 15 is 0 Å². The van der Waals surface area contributed by atoms with E-state index in [1.807, 2.05) is 20.8 Å². The van der Waals surface area contributed by atoms with Crippen molar-refractivity contribution in [1.82, 2.24) is 0 Å². The SMILES string of the molecule is CCC1O[C@@H](C)C(C)[C@@H](C)[C@H]1O[C@H]1O[C@H](CC)[C@@H](O[C@H]2O[C@H](CC)[C@@H](O[C@@H]3OC(CO)[C@H](O[C@@H]4OC(CO)[C@H](OB(C)P)[C@H](O)C4O)[C@H](O)C3O)C(C)C2C)C(C)C1C. The Hall–Kier alpha value is -0.145. The van der Waals surface area contributed by atoms with Gasteiger partial charge < -0.3 is 77.9 Å². The van der Waals surface area contributed by atoms with Crippen LogP contribution in [0.1, 0.15) is 88.5 Å². The third-order valence-corrected chi connectivity index (χ3v) is 14.3. The van der Waals surface area contributed by atoms with Gasteiger partial charge in [0.15, 0.2) is 25.2 Å². The van der Waals surface area contributed by atoms with Gasteiger partial charge in [-0.3, -0.25) is 0 Å². The third-order valence-electron chi connectivity index (χ3n) is 14.1. The molecule has 5 heterocycles. The number of rotatable bonds is 15. The molecule has 16 nitrogen and oxygen atoms in total. The first-order valence-electron chi connectivity index (χ1n) is 22.2. The minimum atomic E-state index is -1.66. The first-order valence-corrected chi connectivity index (χ1v) is 22.8. The zero-order valence-corrected chi connectivity index (χ0v) is 38.0. The molecule has 26 atom stereocenters. The lowest BCUT2D eigenvalue weighted by Gasteiger charge is -2.51. The lowest BCUT2D eigenvalue weighted by molar-refractivity contribution is -0.377. The molecule has 0 radical (unpaired) electrons. The van der Waals surface area contributed by atoms with E-state index < -0.39 is 106 Å². The van der Waals surface area contributed by atoms with E-state index in [-0.39, 0.29) is 54.2 Å². The summed E-state index contributed by atoms with van der Waals surface area (Å²) in [6.07, 6.45) is -14.5. The summed E-state index contributed by atoms with van der Waals surface area (Å²) >= 11 is 0. The summed E-state index contributed by atoms with van der Waals surface area (Å²) in [5.74, 6) is 0.458. The van der Waals surface area contributed by atoms with Crippen LogP contribution in [0.15, 0.2) is 0 Å². The molecule has 5 rings (SSSR count). The van der Waals surface area contributed by atoms with Gasteiger partial charge in [-0.1, -0.05) is 69.1 Å². The van der Waals surface area contributed by atoms with Crippen LogP contribution in [0.2, 0.25) is 6.82 Å². The number of aliphatic hydroxyl groups excluding tert-OH is 6. The zero-order valence-electron chi connectivity index (χ0n) is 36.9. The molecule has 5 saturated heterocycles. The van der Waals surface area contributed by atoms with Crippen molar-refractivity contribution in [3.63, 3.8) is 0 Å². The summed E-state index contributed by atoms with van der Waals surface area (Å²) in [5.41, 5.74) is 0. The molecule has 5 aliphatic rings. The maximum Gasteiger partial charge on any atom is 0.312 e. The standard InChI is InChI=1S/C41H76BO16P/c1-12-24-33(18(5)17(4)23(10)49-24)54-38-21(8)19(6)34(25(13-2)50-38)55-39-22(9)20(7)35(26(14-3)51-39)56-40-31(47)29(45)36(27(15-43)52-40)57-41-32(48)30(46)37(58-42(11)59)28(16-44)53-41/h17-41,43-48H,12-16,59H2,1-11H3/t17?,18-,19?,20?,21?,22?,23+,24?,25-,26-,27?,28?,29-,30-,31?,32?,33-,34+,35+,36+,37+,38-,39-,40+,41+/m1/s1. The highest BCUT2D eigenvalue weighted by molar-refractivity contribution is 7.60. The van der Waals surface area contributed by atoms with E-state index in [9.17, 15) is 30.6 Å². The van der Waals surface area contributed by atoms with Crippen molar-refractivity contribution in [2.75, 3.05) is 13.2 Å². The fourth-order valence-electron chi connectivity index (χ4n) is 9.53. The summed E-state index contributed by atoms with van der Waals surface area (Å²) in [6.45, 7) is 21.3. The molecule has 18 heteroatoms. The molecular weight excluding hydrogens is 790 g/mol. The van der Waals surface area contributed by atoms with E-state index in [2.05, 4.69) is 57.6 Å². The Labute approximate surface area is 353 Å². The number of ether oxygens (including phenoxy) is 9. The van der Waals surface area contributed by atoms with E-state index in [1.165, 1.54) is 0 Å².